The minimum Gasteiger partial charge on any atom is -0.320 e. The van der Waals surface area contributed by atoms with Gasteiger partial charge in [-0.15, -0.1) is 0 Å². The van der Waals surface area contributed by atoms with Crippen molar-refractivity contribution in [2.24, 2.45) is 0 Å². The van der Waals surface area contributed by atoms with Crippen LogP contribution in [0, 0.1) is 0 Å². The maximum Gasteiger partial charge on any atom is 0.431 e. The van der Waals surface area contributed by atoms with Crippen molar-refractivity contribution in [1.82, 2.24) is 14.8 Å². The van der Waals surface area contributed by atoms with Crippen LogP contribution in [0.1, 0.15) is 22.0 Å². The van der Waals surface area contributed by atoms with Gasteiger partial charge in [-0.1, -0.05) is 35.3 Å². The molecule has 1 atom stereocenters. The van der Waals surface area contributed by atoms with Gasteiger partial charge in [-0.05, 0) is 42.0 Å². The predicted octanol–water partition coefficient (Wildman–Crippen LogP) is 5.30. The monoisotopic (exact) mass is 438 g/mol. The Hall–Kier alpha value is -2.84. The molecule has 0 radical (unpaired) electrons. The van der Waals surface area contributed by atoms with E-state index in [2.05, 4.69) is 15.4 Å². The summed E-state index contributed by atoms with van der Waals surface area (Å²) in [5.74, 6) is -0.924. The lowest BCUT2D eigenvalue weighted by atomic mass is 9.89. The third-order valence-electron chi connectivity index (χ3n) is 4.42. The fraction of sp³-hybridized carbons (Fsp3) is 0.105. The van der Waals surface area contributed by atoms with E-state index in [1.165, 1.54) is 41.1 Å². The van der Waals surface area contributed by atoms with Gasteiger partial charge in [0.25, 0.3) is 0 Å². The van der Waals surface area contributed by atoms with Gasteiger partial charge in [0.2, 0.25) is 5.95 Å². The first-order valence-corrected chi connectivity index (χ1v) is 9.05. The van der Waals surface area contributed by atoms with Crippen LogP contribution in [0.15, 0.2) is 66.1 Å². The molecule has 29 heavy (non-hydrogen) atoms. The molecule has 1 aliphatic rings. The molecule has 0 bridgehead atoms. The zero-order valence-corrected chi connectivity index (χ0v) is 15.9. The highest BCUT2D eigenvalue weighted by Gasteiger charge is 2.45. The number of alkyl halides is 3. The van der Waals surface area contributed by atoms with Gasteiger partial charge >= 0.3 is 6.18 Å². The normalized spacial score (nSPS) is 16.4. The van der Waals surface area contributed by atoms with Crippen molar-refractivity contribution in [3.05, 3.63) is 87.3 Å². The summed E-state index contributed by atoms with van der Waals surface area (Å²) in [6.45, 7) is 0. The molecule has 1 aromatic heterocycles. The second-order valence-electron chi connectivity index (χ2n) is 6.23. The van der Waals surface area contributed by atoms with Gasteiger partial charge in [-0.3, -0.25) is 4.79 Å². The molecular formula is C19H11Cl2F3N4O. The fourth-order valence-electron chi connectivity index (χ4n) is 3.14. The van der Waals surface area contributed by atoms with Crippen LogP contribution in [0.4, 0.5) is 19.1 Å². The number of carbonyl (C=O) groups excluding carboxylic acids is 1. The highest BCUT2D eigenvalue weighted by Crippen LogP contribution is 2.42. The van der Waals surface area contributed by atoms with Crippen LogP contribution < -0.4 is 5.32 Å². The summed E-state index contributed by atoms with van der Waals surface area (Å²) in [5.41, 5.74) is -1.21. The highest BCUT2D eigenvalue weighted by molar-refractivity contribution is 6.31. The molecule has 0 saturated carbocycles. The number of allylic oxidation sites excluding steroid dienone is 2. The molecule has 0 unspecified atom stereocenters. The first-order valence-electron chi connectivity index (χ1n) is 8.29. The number of halogens is 5. The van der Waals surface area contributed by atoms with E-state index in [1.54, 1.807) is 12.1 Å². The topological polar surface area (TPSA) is 59.8 Å². The predicted molar refractivity (Wildman–Crippen MR) is 102 cm³/mol. The number of fused-ring (bicyclic) bond motifs is 1. The molecule has 148 valence electrons. The van der Waals surface area contributed by atoms with E-state index in [9.17, 15) is 18.0 Å². The number of nitrogens with zero attached hydrogens (tertiary/aromatic N) is 3. The van der Waals surface area contributed by atoms with Crippen LogP contribution in [0.2, 0.25) is 10.0 Å². The van der Waals surface area contributed by atoms with Crippen LogP contribution >= 0.6 is 23.2 Å². The summed E-state index contributed by atoms with van der Waals surface area (Å²) in [6.07, 6.45) is -3.70. The average Bonchev–Trinajstić information content (AvgIpc) is 3.15. The van der Waals surface area contributed by atoms with E-state index >= 15 is 0 Å². The molecule has 3 aromatic rings. The lowest BCUT2D eigenvalue weighted by Crippen LogP contribution is -2.35. The minimum atomic E-state index is -4.82. The van der Waals surface area contributed by atoms with Crippen molar-refractivity contribution in [3.8, 4) is 0 Å². The smallest absolute Gasteiger partial charge is 0.320 e. The first-order chi connectivity index (χ1) is 13.8. The van der Waals surface area contributed by atoms with Gasteiger partial charge in [-0.25, -0.2) is 4.68 Å². The van der Waals surface area contributed by atoms with Crippen molar-refractivity contribution in [1.29, 1.82) is 0 Å². The summed E-state index contributed by atoms with van der Waals surface area (Å²) in [6, 6.07) is 10.7. The largest absolute Gasteiger partial charge is 0.431 e. The Morgan fingerprint density at radius 2 is 1.59 bits per heavy atom. The van der Waals surface area contributed by atoms with Gasteiger partial charge in [0.1, 0.15) is 18.1 Å². The van der Waals surface area contributed by atoms with E-state index < -0.39 is 29.3 Å². The Morgan fingerprint density at radius 3 is 2.17 bits per heavy atom. The molecule has 5 nitrogen and oxygen atoms in total. The van der Waals surface area contributed by atoms with E-state index in [0.717, 1.165) is 6.33 Å². The van der Waals surface area contributed by atoms with Crippen LogP contribution in [-0.4, -0.2) is 26.7 Å². The average molecular weight is 439 g/mol. The van der Waals surface area contributed by atoms with Crippen molar-refractivity contribution in [2.45, 2.75) is 12.2 Å². The van der Waals surface area contributed by atoms with Crippen LogP contribution in [0.5, 0.6) is 0 Å². The van der Waals surface area contributed by atoms with Gasteiger partial charge in [0.15, 0.2) is 5.78 Å². The number of anilines is 1. The molecule has 0 saturated heterocycles. The van der Waals surface area contributed by atoms with E-state index in [0.29, 0.717) is 15.6 Å². The van der Waals surface area contributed by atoms with Crippen molar-refractivity contribution in [2.75, 3.05) is 5.32 Å². The molecule has 4 rings (SSSR count). The zero-order chi connectivity index (χ0) is 20.8. The van der Waals surface area contributed by atoms with E-state index in [1.807, 2.05) is 0 Å². The molecule has 2 aromatic carbocycles. The van der Waals surface area contributed by atoms with E-state index in [-0.39, 0.29) is 11.5 Å². The van der Waals surface area contributed by atoms with Crippen LogP contribution in [0.25, 0.3) is 0 Å². The number of Topliss-reactive ketones (excluding diaryl/α,β-unsaturated/α-hetero) is 1. The number of rotatable bonds is 3. The molecule has 1 aliphatic heterocycles. The quantitative estimate of drug-likeness (QED) is 0.563. The maximum absolute atomic E-state index is 13.9. The Kier molecular flexibility index (Phi) is 4.84. The van der Waals surface area contributed by atoms with Crippen molar-refractivity contribution >= 4 is 34.9 Å². The number of hydrogen-bond acceptors (Lipinski definition) is 4. The summed E-state index contributed by atoms with van der Waals surface area (Å²) >= 11 is 11.8. The van der Waals surface area contributed by atoms with Gasteiger partial charge in [0.05, 0.1) is 5.57 Å². The Balaban J connectivity index is 1.96. The minimum absolute atomic E-state index is 0.0653. The zero-order valence-electron chi connectivity index (χ0n) is 14.4. The second-order valence-corrected chi connectivity index (χ2v) is 7.10. The molecular weight excluding hydrogens is 428 g/mol. The Labute approximate surface area is 172 Å². The molecule has 0 aliphatic carbocycles. The lowest BCUT2D eigenvalue weighted by Gasteiger charge is -2.30. The van der Waals surface area contributed by atoms with Crippen molar-refractivity contribution < 1.29 is 18.0 Å². The van der Waals surface area contributed by atoms with Gasteiger partial charge < -0.3 is 5.32 Å². The SMILES string of the molecule is O=C(C1=C(C(F)(F)F)Nc2ncnn2[C@@H]1c1ccc(Cl)cc1)c1ccc(Cl)cc1. The highest BCUT2D eigenvalue weighted by atomic mass is 35.5. The summed E-state index contributed by atoms with van der Waals surface area (Å²) in [4.78, 5) is 17.1. The third kappa shape index (κ3) is 3.61. The first kappa shape index (κ1) is 19.5. The maximum atomic E-state index is 13.9. The third-order valence-corrected chi connectivity index (χ3v) is 4.92. The van der Waals surface area contributed by atoms with Crippen molar-refractivity contribution in [3.63, 3.8) is 0 Å². The fourth-order valence-corrected chi connectivity index (χ4v) is 3.39. The van der Waals surface area contributed by atoms with Crippen LogP contribution in [-0.2, 0) is 0 Å². The lowest BCUT2D eigenvalue weighted by molar-refractivity contribution is -0.0918. The molecule has 0 fully saturated rings. The molecule has 0 spiro atoms. The Bertz CT molecular complexity index is 1110. The summed E-state index contributed by atoms with van der Waals surface area (Å²) < 4.78 is 43.0. The number of carbonyl (C=O) groups is 1. The molecule has 0 amide bonds. The number of benzene rings is 2. The number of ketones is 1. The van der Waals surface area contributed by atoms with Gasteiger partial charge in [-0.2, -0.15) is 23.3 Å². The summed E-state index contributed by atoms with van der Waals surface area (Å²) in [5, 5.41) is 7.01. The molecule has 2 heterocycles. The van der Waals surface area contributed by atoms with E-state index in [4.69, 9.17) is 23.2 Å². The Morgan fingerprint density at radius 1 is 1.00 bits per heavy atom. The van der Waals surface area contributed by atoms with Gasteiger partial charge in [0, 0.05) is 15.6 Å². The second kappa shape index (κ2) is 7.20. The summed E-state index contributed by atoms with van der Waals surface area (Å²) in [7, 11) is 0. The standard InChI is InChI=1S/C19H11Cl2F3N4O/c20-12-5-1-10(2-6-12)15-14(16(29)11-3-7-13(21)8-4-11)17(19(22,23)24)27-18-25-9-26-28(15)18/h1-9,15H,(H,25,26,27)/t15-/m1/s1. The number of nitrogens with one attached hydrogen (secondary N) is 1. The number of hydrogen-bond donors (Lipinski definition) is 1. The molecule has 10 heteroatoms. The molecule has 1 N–H and O–H groups in total. The van der Waals surface area contributed by atoms with Crippen LogP contribution in [0.3, 0.4) is 0 Å². The number of aromatic nitrogens is 3.